The predicted molar refractivity (Wildman–Crippen MR) is 75.4 cm³/mol. The topological polar surface area (TPSA) is 55.1 Å². The lowest BCUT2D eigenvalue weighted by Crippen LogP contribution is -2.39. The molecule has 0 aromatic heterocycles. The Hall–Kier alpha value is -1.35. The molecule has 3 N–H and O–H groups in total. The maximum Gasteiger partial charge on any atom is 0.221 e. The van der Waals surface area contributed by atoms with Gasteiger partial charge in [-0.1, -0.05) is 37.3 Å². The zero-order valence-electron chi connectivity index (χ0n) is 11.6. The number of benzene rings is 1. The van der Waals surface area contributed by atoms with Crippen LogP contribution < -0.4 is 11.1 Å². The summed E-state index contributed by atoms with van der Waals surface area (Å²) in [4.78, 5) is 11.6. The molecule has 0 saturated heterocycles. The van der Waals surface area contributed by atoms with Gasteiger partial charge >= 0.3 is 0 Å². The molecule has 0 spiro atoms. The number of nitrogens with two attached hydrogens (primary N) is 1. The number of carbonyl (C=O) groups excluding carboxylic acids is 1. The molecule has 1 unspecified atom stereocenters. The summed E-state index contributed by atoms with van der Waals surface area (Å²) < 4.78 is 0. The third-order valence-electron chi connectivity index (χ3n) is 2.88. The molecule has 0 aliphatic rings. The smallest absolute Gasteiger partial charge is 0.221 e. The largest absolute Gasteiger partial charge is 0.356 e. The lowest BCUT2D eigenvalue weighted by molar-refractivity contribution is -0.122. The summed E-state index contributed by atoms with van der Waals surface area (Å²) >= 11 is 0. The van der Waals surface area contributed by atoms with Crippen LogP contribution in [0, 0.1) is 0 Å². The zero-order chi connectivity index (χ0) is 13.6. The molecule has 3 heteroatoms. The van der Waals surface area contributed by atoms with Crippen molar-refractivity contribution in [1.82, 2.24) is 5.32 Å². The highest BCUT2D eigenvalue weighted by Crippen LogP contribution is 2.17. The van der Waals surface area contributed by atoms with E-state index in [0.29, 0.717) is 18.9 Å². The van der Waals surface area contributed by atoms with Crippen LogP contribution in [0.25, 0.3) is 0 Å². The fourth-order valence-electron chi connectivity index (χ4n) is 1.85. The van der Waals surface area contributed by atoms with Crippen molar-refractivity contribution in [2.24, 2.45) is 5.73 Å². The molecule has 1 atom stereocenters. The zero-order valence-corrected chi connectivity index (χ0v) is 11.6. The molecule has 1 aromatic rings. The van der Waals surface area contributed by atoms with Crippen molar-refractivity contribution in [1.29, 1.82) is 0 Å². The summed E-state index contributed by atoms with van der Waals surface area (Å²) in [7, 11) is 0. The van der Waals surface area contributed by atoms with Crippen LogP contribution >= 0.6 is 0 Å². The first-order valence-electron chi connectivity index (χ1n) is 6.49. The highest BCUT2D eigenvalue weighted by Gasteiger charge is 2.16. The first-order chi connectivity index (χ1) is 8.38. The maximum atomic E-state index is 11.6. The van der Waals surface area contributed by atoms with E-state index in [2.05, 4.69) is 24.4 Å². The van der Waals surface area contributed by atoms with Gasteiger partial charge < -0.3 is 11.1 Å². The van der Waals surface area contributed by atoms with Gasteiger partial charge in [-0.3, -0.25) is 4.79 Å². The van der Waals surface area contributed by atoms with Crippen LogP contribution in [0.4, 0.5) is 0 Å². The molecule has 0 aliphatic carbocycles. The van der Waals surface area contributed by atoms with Crippen molar-refractivity contribution in [2.45, 2.75) is 45.1 Å². The highest BCUT2D eigenvalue weighted by atomic mass is 16.1. The number of carbonyl (C=O) groups is 1. The molecule has 1 rings (SSSR count). The molecule has 100 valence electrons. The van der Waals surface area contributed by atoms with Gasteiger partial charge in [-0.15, -0.1) is 0 Å². The normalized spacial score (nSPS) is 13.1. The molecule has 0 saturated carbocycles. The Labute approximate surface area is 110 Å². The average Bonchev–Trinajstić information content (AvgIpc) is 2.27. The van der Waals surface area contributed by atoms with Crippen molar-refractivity contribution >= 4 is 5.91 Å². The molecule has 0 heterocycles. The van der Waals surface area contributed by atoms with Crippen LogP contribution in [-0.2, 0) is 4.79 Å². The Kier molecular flexibility index (Phi) is 5.35. The lowest BCUT2D eigenvalue weighted by atomic mass is 9.98. The monoisotopic (exact) mass is 248 g/mol. The van der Waals surface area contributed by atoms with Crippen molar-refractivity contribution in [3.05, 3.63) is 35.9 Å². The number of hydrogen-bond acceptors (Lipinski definition) is 2. The molecule has 0 radical (unpaired) electrons. The Morgan fingerprint density at radius 3 is 2.50 bits per heavy atom. The lowest BCUT2D eigenvalue weighted by Gasteiger charge is -2.18. The Morgan fingerprint density at radius 2 is 1.94 bits per heavy atom. The standard InChI is InChI=1S/C15H24N2O/c1-12(13-7-5-4-6-8-13)9-10-17-14(18)11-15(2,3)16/h4-8,12H,9-11,16H2,1-3H3,(H,17,18). The predicted octanol–water partition coefficient (Wildman–Crippen LogP) is 2.42. The van der Waals surface area contributed by atoms with Gasteiger partial charge in [0.05, 0.1) is 0 Å². The van der Waals surface area contributed by atoms with E-state index >= 15 is 0 Å². The molecule has 0 aliphatic heterocycles. The van der Waals surface area contributed by atoms with Crippen molar-refractivity contribution < 1.29 is 4.79 Å². The number of amides is 1. The van der Waals surface area contributed by atoms with E-state index in [1.165, 1.54) is 5.56 Å². The number of rotatable bonds is 6. The van der Waals surface area contributed by atoms with Gasteiger partial charge in [0.2, 0.25) is 5.91 Å². The van der Waals surface area contributed by atoms with Gasteiger partial charge in [-0.05, 0) is 31.7 Å². The minimum absolute atomic E-state index is 0.0303. The van der Waals surface area contributed by atoms with Crippen molar-refractivity contribution in [3.8, 4) is 0 Å². The van der Waals surface area contributed by atoms with Crippen molar-refractivity contribution in [3.63, 3.8) is 0 Å². The molecule has 3 nitrogen and oxygen atoms in total. The minimum atomic E-state index is -0.435. The second-order valence-corrected chi connectivity index (χ2v) is 5.62. The summed E-state index contributed by atoms with van der Waals surface area (Å²) in [5, 5.41) is 2.92. The number of hydrogen-bond donors (Lipinski definition) is 2. The molecular weight excluding hydrogens is 224 g/mol. The summed E-state index contributed by atoms with van der Waals surface area (Å²) in [6.45, 7) is 6.59. The van der Waals surface area contributed by atoms with Gasteiger partial charge in [0, 0.05) is 18.5 Å². The quantitative estimate of drug-likeness (QED) is 0.812. The Bertz CT molecular complexity index is 368. The molecule has 1 aromatic carbocycles. The van der Waals surface area contributed by atoms with E-state index in [-0.39, 0.29) is 5.91 Å². The van der Waals surface area contributed by atoms with E-state index in [1.807, 2.05) is 32.0 Å². The van der Waals surface area contributed by atoms with Gasteiger partial charge in [0.25, 0.3) is 0 Å². The summed E-state index contributed by atoms with van der Waals surface area (Å²) in [5.41, 5.74) is 6.67. The second kappa shape index (κ2) is 6.55. The van der Waals surface area contributed by atoms with Crippen molar-refractivity contribution in [2.75, 3.05) is 6.54 Å². The third-order valence-corrected chi connectivity index (χ3v) is 2.88. The van der Waals surface area contributed by atoms with Crippen LogP contribution in [0.15, 0.2) is 30.3 Å². The Morgan fingerprint density at radius 1 is 1.33 bits per heavy atom. The summed E-state index contributed by atoms with van der Waals surface area (Å²) in [5.74, 6) is 0.486. The SMILES string of the molecule is CC(CCNC(=O)CC(C)(C)N)c1ccccc1. The van der Waals surface area contributed by atoms with Gasteiger partial charge in [0.15, 0.2) is 0 Å². The maximum absolute atomic E-state index is 11.6. The first kappa shape index (κ1) is 14.7. The van der Waals surface area contributed by atoms with E-state index in [4.69, 9.17) is 5.73 Å². The fraction of sp³-hybridized carbons (Fsp3) is 0.533. The van der Waals surface area contributed by atoms with Crippen LogP contribution in [0.1, 0.15) is 45.1 Å². The number of nitrogens with one attached hydrogen (secondary N) is 1. The second-order valence-electron chi connectivity index (χ2n) is 5.62. The van der Waals surface area contributed by atoms with Crippen LogP contribution in [0.2, 0.25) is 0 Å². The van der Waals surface area contributed by atoms with E-state index < -0.39 is 5.54 Å². The molecular formula is C15H24N2O. The van der Waals surface area contributed by atoms with Crippen LogP contribution in [0.3, 0.4) is 0 Å². The van der Waals surface area contributed by atoms with E-state index in [1.54, 1.807) is 0 Å². The molecule has 18 heavy (non-hydrogen) atoms. The van der Waals surface area contributed by atoms with Gasteiger partial charge in [-0.25, -0.2) is 0 Å². The summed E-state index contributed by atoms with van der Waals surface area (Å²) in [6, 6.07) is 10.3. The molecule has 0 bridgehead atoms. The van der Waals surface area contributed by atoms with Crippen LogP contribution in [-0.4, -0.2) is 18.0 Å². The minimum Gasteiger partial charge on any atom is -0.356 e. The van der Waals surface area contributed by atoms with E-state index in [9.17, 15) is 4.79 Å². The Balaban J connectivity index is 2.28. The van der Waals surface area contributed by atoms with Gasteiger partial charge in [-0.2, -0.15) is 0 Å². The first-order valence-corrected chi connectivity index (χ1v) is 6.49. The summed E-state index contributed by atoms with van der Waals surface area (Å²) in [6.07, 6.45) is 1.31. The highest BCUT2D eigenvalue weighted by molar-refractivity contribution is 5.76. The third kappa shape index (κ3) is 5.82. The van der Waals surface area contributed by atoms with Crippen LogP contribution in [0.5, 0.6) is 0 Å². The van der Waals surface area contributed by atoms with E-state index in [0.717, 1.165) is 6.42 Å². The molecule has 0 fully saturated rings. The average molecular weight is 248 g/mol. The van der Waals surface area contributed by atoms with Gasteiger partial charge in [0.1, 0.15) is 0 Å². The molecule has 1 amide bonds. The fourth-order valence-corrected chi connectivity index (χ4v) is 1.85.